The summed E-state index contributed by atoms with van der Waals surface area (Å²) in [6, 6.07) is 0. The van der Waals surface area contributed by atoms with Crippen molar-refractivity contribution in [2.24, 2.45) is 4.99 Å². The summed E-state index contributed by atoms with van der Waals surface area (Å²) in [6.45, 7) is 4.86. The minimum Gasteiger partial charge on any atom is -0.349 e. The summed E-state index contributed by atoms with van der Waals surface area (Å²) in [5.41, 5.74) is 0.855. The molecule has 6 nitrogen and oxygen atoms in total. The summed E-state index contributed by atoms with van der Waals surface area (Å²) in [6.07, 6.45) is 3.67. The zero-order valence-electron chi connectivity index (χ0n) is 11.4. The number of guanidine groups is 1. The van der Waals surface area contributed by atoms with Gasteiger partial charge in [-0.2, -0.15) is 0 Å². The highest BCUT2D eigenvalue weighted by molar-refractivity contribution is 14.0. The number of hydrogen-bond acceptors (Lipinski definition) is 3. The SMILES string of the molecule is C=CCn1cc(CN=C(N(C)C)N(C)C)nn1.I. The topological polar surface area (TPSA) is 49.6 Å². The first-order valence-corrected chi connectivity index (χ1v) is 5.43. The van der Waals surface area contributed by atoms with Gasteiger partial charge >= 0.3 is 0 Å². The highest BCUT2D eigenvalue weighted by Crippen LogP contribution is 1.98. The molecular weight excluding hydrogens is 343 g/mol. The third-order valence-corrected chi connectivity index (χ3v) is 2.08. The van der Waals surface area contributed by atoms with Crippen LogP contribution in [0.5, 0.6) is 0 Å². The maximum atomic E-state index is 4.49. The first-order valence-electron chi connectivity index (χ1n) is 5.43. The van der Waals surface area contributed by atoms with Crippen LogP contribution in [0.3, 0.4) is 0 Å². The van der Waals surface area contributed by atoms with E-state index in [-0.39, 0.29) is 24.0 Å². The second kappa shape index (κ2) is 8.06. The van der Waals surface area contributed by atoms with Crippen molar-refractivity contribution in [1.82, 2.24) is 24.8 Å². The van der Waals surface area contributed by atoms with Crippen LogP contribution >= 0.6 is 24.0 Å². The first-order chi connectivity index (χ1) is 8.04. The van der Waals surface area contributed by atoms with Crippen molar-refractivity contribution in [2.75, 3.05) is 28.2 Å². The number of hydrogen-bond donors (Lipinski definition) is 0. The van der Waals surface area contributed by atoms with Crippen LogP contribution in [-0.4, -0.2) is 58.9 Å². The van der Waals surface area contributed by atoms with Crippen LogP contribution in [0, 0.1) is 0 Å². The van der Waals surface area contributed by atoms with Gasteiger partial charge in [-0.3, -0.25) is 0 Å². The van der Waals surface area contributed by atoms with Crippen LogP contribution in [0.1, 0.15) is 5.69 Å². The predicted octanol–water partition coefficient (Wildman–Crippen LogP) is 1.06. The van der Waals surface area contributed by atoms with Crippen LogP contribution in [0.25, 0.3) is 0 Å². The molecule has 7 heteroatoms. The van der Waals surface area contributed by atoms with E-state index in [0.29, 0.717) is 13.1 Å². The van der Waals surface area contributed by atoms with Crippen molar-refractivity contribution in [1.29, 1.82) is 0 Å². The quantitative estimate of drug-likeness (QED) is 0.347. The average Bonchev–Trinajstić information content (AvgIpc) is 2.65. The predicted molar refractivity (Wildman–Crippen MR) is 84.1 cm³/mol. The Bertz CT molecular complexity index is 386. The summed E-state index contributed by atoms with van der Waals surface area (Å²) in [5, 5.41) is 8.02. The zero-order valence-corrected chi connectivity index (χ0v) is 13.7. The third-order valence-electron chi connectivity index (χ3n) is 2.08. The highest BCUT2D eigenvalue weighted by atomic mass is 127. The molecule has 102 valence electrons. The van der Waals surface area contributed by atoms with Gasteiger partial charge in [0.15, 0.2) is 5.96 Å². The summed E-state index contributed by atoms with van der Waals surface area (Å²) in [5.74, 6) is 0.906. The number of aromatic nitrogens is 3. The van der Waals surface area contributed by atoms with E-state index in [4.69, 9.17) is 0 Å². The van der Waals surface area contributed by atoms with E-state index in [1.165, 1.54) is 0 Å². The molecule has 0 unspecified atom stereocenters. The van der Waals surface area contributed by atoms with Crippen molar-refractivity contribution in [3.05, 3.63) is 24.5 Å². The van der Waals surface area contributed by atoms with Crippen molar-refractivity contribution >= 4 is 29.9 Å². The van der Waals surface area contributed by atoms with E-state index >= 15 is 0 Å². The maximum absolute atomic E-state index is 4.49. The lowest BCUT2D eigenvalue weighted by molar-refractivity contribution is 0.479. The van der Waals surface area contributed by atoms with Gasteiger partial charge in [0.1, 0.15) is 5.69 Å². The lowest BCUT2D eigenvalue weighted by Crippen LogP contribution is -2.35. The van der Waals surface area contributed by atoms with E-state index in [1.807, 2.05) is 44.2 Å². The minimum atomic E-state index is 0. The number of rotatable bonds is 4. The van der Waals surface area contributed by atoms with Crippen LogP contribution in [0.4, 0.5) is 0 Å². The fraction of sp³-hybridized carbons (Fsp3) is 0.545. The van der Waals surface area contributed by atoms with Gasteiger partial charge in [-0.1, -0.05) is 11.3 Å². The number of aliphatic imine (C=N–C) groups is 1. The Morgan fingerprint density at radius 2 is 2.00 bits per heavy atom. The molecule has 0 N–H and O–H groups in total. The van der Waals surface area contributed by atoms with Gasteiger partial charge < -0.3 is 9.80 Å². The molecular formula is C11H21IN6. The van der Waals surface area contributed by atoms with Gasteiger partial charge in [0, 0.05) is 28.2 Å². The van der Waals surface area contributed by atoms with Crippen LogP contribution < -0.4 is 0 Å². The molecule has 0 saturated carbocycles. The van der Waals surface area contributed by atoms with Crippen molar-refractivity contribution in [3.63, 3.8) is 0 Å². The van der Waals surface area contributed by atoms with Crippen LogP contribution in [0.15, 0.2) is 23.8 Å². The average molecular weight is 364 g/mol. The van der Waals surface area contributed by atoms with E-state index in [2.05, 4.69) is 21.9 Å². The Labute approximate surface area is 125 Å². The summed E-state index contributed by atoms with van der Waals surface area (Å²) >= 11 is 0. The fourth-order valence-corrected chi connectivity index (χ4v) is 1.47. The van der Waals surface area contributed by atoms with E-state index in [9.17, 15) is 0 Å². The molecule has 0 aliphatic heterocycles. The molecule has 1 aromatic rings. The van der Waals surface area contributed by atoms with E-state index in [1.54, 1.807) is 10.8 Å². The van der Waals surface area contributed by atoms with Crippen LogP contribution in [0.2, 0.25) is 0 Å². The molecule has 18 heavy (non-hydrogen) atoms. The second-order valence-corrected chi connectivity index (χ2v) is 4.13. The molecule has 1 heterocycles. The second-order valence-electron chi connectivity index (χ2n) is 4.13. The third kappa shape index (κ3) is 5.03. The fourth-order valence-electron chi connectivity index (χ4n) is 1.47. The highest BCUT2D eigenvalue weighted by Gasteiger charge is 2.05. The van der Waals surface area contributed by atoms with Gasteiger partial charge in [-0.05, 0) is 0 Å². The Hall–Kier alpha value is -1.12. The van der Waals surface area contributed by atoms with E-state index in [0.717, 1.165) is 11.7 Å². The van der Waals surface area contributed by atoms with Gasteiger partial charge in [0.25, 0.3) is 0 Å². The molecule has 0 aliphatic carbocycles. The molecule has 0 fully saturated rings. The molecule has 0 bridgehead atoms. The van der Waals surface area contributed by atoms with Crippen molar-refractivity contribution < 1.29 is 0 Å². The number of halogens is 1. The molecule has 1 aromatic heterocycles. The Kier molecular flexibility index (Phi) is 7.56. The molecule has 0 radical (unpaired) electrons. The molecule has 0 spiro atoms. The Morgan fingerprint density at radius 1 is 1.39 bits per heavy atom. The molecule has 0 aromatic carbocycles. The van der Waals surface area contributed by atoms with Crippen LogP contribution in [-0.2, 0) is 13.1 Å². The lowest BCUT2D eigenvalue weighted by atomic mass is 10.5. The maximum Gasteiger partial charge on any atom is 0.195 e. The molecule has 0 amide bonds. The van der Waals surface area contributed by atoms with Gasteiger partial charge in [-0.25, -0.2) is 9.67 Å². The number of allylic oxidation sites excluding steroid dienone is 1. The first kappa shape index (κ1) is 16.9. The van der Waals surface area contributed by atoms with Gasteiger partial charge in [-0.15, -0.1) is 35.7 Å². The van der Waals surface area contributed by atoms with Crippen molar-refractivity contribution in [2.45, 2.75) is 13.1 Å². The molecule has 0 saturated heterocycles. The largest absolute Gasteiger partial charge is 0.349 e. The lowest BCUT2D eigenvalue weighted by Gasteiger charge is -2.22. The standard InChI is InChI=1S/C11H20N6.HI/c1-6-7-17-9-10(13-14-17)8-12-11(15(2)3)16(4)5;/h6,9H,1,7-8H2,2-5H3;1H. The van der Waals surface area contributed by atoms with Gasteiger partial charge in [0.2, 0.25) is 0 Å². The zero-order chi connectivity index (χ0) is 12.8. The van der Waals surface area contributed by atoms with E-state index < -0.39 is 0 Å². The Morgan fingerprint density at radius 3 is 2.50 bits per heavy atom. The Balaban J connectivity index is 0.00000289. The molecule has 1 rings (SSSR count). The molecule has 0 atom stereocenters. The number of nitrogens with zero attached hydrogens (tertiary/aromatic N) is 6. The monoisotopic (exact) mass is 364 g/mol. The normalized spacial score (nSPS) is 9.33. The summed E-state index contributed by atoms with van der Waals surface area (Å²) < 4.78 is 1.74. The summed E-state index contributed by atoms with van der Waals surface area (Å²) in [7, 11) is 7.86. The van der Waals surface area contributed by atoms with Gasteiger partial charge in [0.05, 0.1) is 19.3 Å². The minimum absolute atomic E-state index is 0. The summed E-state index contributed by atoms with van der Waals surface area (Å²) in [4.78, 5) is 8.43. The smallest absolute Gasteiger partial charge is 0.195 e. The van der Waals surface area contributed by atoms with Crippen molar-refractivity contribution in [3.8, 4) is 0 Å². The molecule has 0 aliphatic rings.